The van der Waals surface area contributed by atoms with Gasteiger partial charge in [0.1, 0.15) is 6.61 Å². The Kier molecular flexibility index (Phi) is 4.06. The second-order valence-electron chi connectivity index (χ2n) is 8.70. The van der Waals surface area contributed by atoms with Gasteiger partial charge in [0.15, 0.2) is 5.60 Å². The van der Waals surface area contributed by atoms with Gasteiger partial charge in [-0.25, -0.2) is 9.78 Å². The summed E-state index contributed by atoms with van der Waals surface area (Å²) < 4.78 is 6.78. The number of benzene rings is 1. The van der Waals surface area contributed by atoms with Gasteiger partial charge < -0.3 is 19.5 Å². The average molecular weight is 443 g/mol. The van der Waals surface area contributed by atoms with Crippen LogP contribution in [0.15, 0.2) is 35.3 Å². The highest BCUT2D eigenvalue weighted by atomic mass is 16.6. The first-order valence-electron chi connectivity index (χ1n) is 10.9. The predicted octanol–water partition coefficient (Wildman–Crippen LogP) is 2.43. The standard InChI is InChI=1S/C25H21N3O5/c1-3-25(32)17-7-20-22-15(9-28(20)23(30)16(17)11-33-24(25)31)12(2)21-14-6-13(10-29)8-26-18(14)4-5-19(21)27-22/h4-8,29,32H,3,9-11H2,1-2H3/t25-/m0/s1. The molecule has 1 atom stereocenters. The molecule has 0 saturated carbocycles. The number of nitrogens with zero attached hydrogens (tertiary/aromatic N) is 3. The van der Waals surface area contributed by atoms with E-state index in [0.29, 0.717) is 34.6 Å². The van der Waals surface area contributed by atoms with Crippen LogP contribution >= 0.6 is 0 Å². The van der Waals surface area contributed by atoms with E-state index in [1.165, 1.54) is 0 Å². The molecule has 0 radical (unpaired) electrons. The number of aliphatic hydroxyl groups is 2. The summed E-state index contributed by atoms with van der Waals surface area (Å²) in [7, 11) is 0. The first-order chi connectivity index (χ1) is 15.9. The Morgan fingerprint density at radius 3 is 2.73 bits per heavy atom. The van der Waals surface area contributed by atoms with Gasteiger partial charge in [0, 0.05) is 28.1 Å². The third-order valence-corrected chi connectivity index (χ3v) is 7.03. The van der Waals surface area contributed by atoms with Crippen LogP contribution in [0.3, 0.4) is 0 Å². The zero-order chi connectivity index (χ0) is 23.1. The molecule has 166 valence electrons. The lowest BCUT2D eigenvalue weighted by Crippen LogP contribution is -2.44. The van der Waals surface area contributed by atoms with Gasteiger partial charge in [-0.3, -0.25) is 9.78 Å². The van der Waals surface area contributed by atoms with Crippen molar-refractivity contribution < 1.29 is 19.7 Å². The Labute approximate surface area is 188 Å². The molecular formula is C25H21N3O5. The lowest BCUT2D eigenvalue weighted by Gasteiger charge is -2.31. The van der Waals surface area contributed by atoms with Crippen molar-refractivity contribution in [3.63, 3.8) is 0 Å². The summed E-state index contributed by atoms with van der Waals surface area (Å²) in [5, 5.41) is 22.4. The molecule has 2 N–H and O–H groups in total. The van der Waals surface area contributed by atoms with E-state index < -0.39 is 11.6 Å². The molecule has 0 bridgehead atoms. The monoisotopic (exact) mass is 443 g/mol. The molecule has 3 aromatic heterocycles. The third kappa shape index (κ3) is 2.53. The highest BCUT2D eigenvalue weighted by molar-refractivity contribution is 6.08. The van der Waals surface area contributed by atoms with Crippen molar-refractivity contribution in [1.29, 1.82) is 0 Å². The molecular weight excluding hydrogens is 422 g/mol. The number of carbonyl (C=O) groups is 1. The predicted molar refractivity (Wildman–Crippen MR) is 120 cm³/mol. The van der Waals surface area contributed by atoms with Crippen LogP contribution in [0.5, 0.6) is 0 Å². The number of hydrogen-bond donors (Lipinski definition) is 2. The van der Waals surface area contributed by atoms with E-state index in [1.54, 1.807) is 23.8 Å². The molecule has 4 aromatic rings. The molecule has 6 rings (SSSR count). The van der Waals surface area contributed by atoms with Gasteiger partial charge >= 0.3 is 5.97 Å². The Balaban J connectivity index is 1.66. The minimum Gasteiger partial charge on any atom is -0.458 e. The molecule has 33 heavy (non-hydrogen) atoms. The van der Waals surface area contributed by atoms with Crippen molar-refractivity contribution in [3.8, 4) is 11.4 Å². The fourth-order valence-corrected chi connectivity index (χ4v) is 5.14. The van der Waals surface area contributed by atoms with Crippen LogP contribution in [-0.2, 0) is 34.9 Å². The maximum absolute atomic E-state index is 13.4. The van der Waals surface area contributed by atoms with Crippen LogP contribution in [-0.4, -0.2) is 30.7 Å². The highest BCUT2D eigenvalue weighted by Crippen LogP contribution is 2.41. The largest absolute Gasteiger partial charge is 0.458 e. The molecule has 2 aliphatic heterocycles. The third-order valence-electron chi connectivity index (χ3n) is 7.03. The second kappa shape index (κ2) is 6.69. The fraction of sp³-hybridized carbons (Fsp3) is 0.280. The van der Waals surface area contributed by atoms with Crippen molar-refractivity contribution >= 4 is 27.8 Å². The summed E-state index contributed by atoms with van der Waals surface area (Å²) in [6, 6.07) is 7.42. The van der Waals surface area contributed by atoms with Gasteiger partial charge in [0.2, 0.25) is 0 Å². The van der Waals surface area contributed by atoms with Crippen molar-refractivity contribution in [2.45, 2.75) is 45.6 Å². The molecule has 8 heteroatoms. The molecule has 0 fully saturated rings. The molecule has 0 saturated heterocycles. The highest BCUT2D eigenvalue weighted by Gasteiger charge is 2.45. The number of carbonyl (C=O) groups excluding carboxylic acids is 1. The molecule has 0 aliphatic carbocycles. The number of hydrogen-bond acceptors (Lipinski definition) is 7. The Morgan fingerprint density at radius 1 is 1.18 bits per heavy atom. The SMILES string of the molecule is CC[C@@]1(O)C(=O)OCc2c1cc1n(c2=O)Cc2c-1nc1ccc3ncc(CO)cc3c1c2C. The van der Waals surface area contributed by atoms with Crippen molar-refractivity contribution in [1.82, 2.24) is 14.5 Å². The number of fused-ring (bicyclic) bond motifs is 7. The Hall–Kier alpha value is -3.62. The maximum atomic E-state index is 13.4. The zero-order valence-electron chi connectivity index (χ0n) is 18.2. The molecule has 8 nitrogen and oxygen atoms in total. The first kappa shape index (κ1) is 20.0. The fourth-order valence-electron chi connectivity index (χ4n) is 5.14. The summed E-state index contributed by atoms with van der Waals surface area (Å²) >= 11 is 0. The molecule has 5 heterocycles. The second-order valence-corrected chi connectivity index (χ2v) is 8.70. The number of rotatable bonds is 2. The zero-order valence-corrected chi connectivity index (χ0v) is 18.2. The lowest BCUT2D eigenvalue weighted by molar-refractivity contribution is -0.172. The molecule has 0 amide bonds. The number of aryl methyl sites for hydroxylation is 1. The van der Waals surface area contributed by atoms with E-state index in [4.69, 9.17) is 9.72 Å². The van der Waals surface area contributed by atoms with Gasteiger partial charge in [0.25, 0.3) is 5.56 Å². The average Bonchev–Trinajstić information content (AvgIpc) is 3.20. The molecule has 0 spiro atoms. The maximum Gasteiger partial charge on any atom is 0.343 e. The van der Waals surface area contributed by atoms with Crippen molar-refractivity contribution in [2.24, 2.45) is 0 Å². The number of pyridine rings is 3. The number of aliphatic hydroxyl groups excluding tert-OH is 1. The van der Waals surface area contributed by atoms with Crippen molar-refractivity contribution in [2.75, 3.05) is 0 Å². The molecule has 2 aliphatic rings. The van der Waals surface area contributed by atoms with Crippen LogP contribution in [0.1, 0.15) is 41.2 Å². The minimum absolute atomic E-state index is 0.102. The van der Waals surface area contributed by atoms with Crippen molar-refractivity contribution in [3.05, 3.63) is 68.6 Å². The Morgan fingerprint density at radius 2 is 1.97 bits per heavy atom. The number of aromatic nitrogens is 3. The summed E-state index contributed by atoms with van der Waals surface area (Å²) in [5.74, 6) is -0.735. The molecule has 1 aromatic carbocycles. The van der Waals surface area contributed by atoms with Crippen LogP contribution < -0.4 is 5.56 Å². The van der Waals surface area contributed by atoms with E-state index in [1.807, 2.05) is 25.1 Å². The van der Waals surface area contributed by atoms with Crippen LogP contribution in [0.2, 0.25) is 0 Å². The van der Waals surface area contributed by atoms with Gasteiger partial charge in [-0.15, -0.1) is 0 Å². The van der Waals surface area contributed by atoms with Crippen LogP contribution in [0.4, 0.5) is 0 Å². The van der Waals surface area contributed by atoms with Gasteiger partial charge in [0.05, 0.1) is 41.1 Å². The van der Waals surface area contributed by atoms with E-state index in [2.05, 4.69) is 4.98 Å². The number of ether oxygens (including phenoxy) is 1. The first-order valence-corrected chi connectivity index (χ1v) is 10.9. The van der Waals surface area contributed by atoms with Crippen LogP contribution in [0, 0.1) is 6.92 Å². The lowest BCUT2D eigenvalue weighted by atomic mass is 9.86. The van der Waals surface area contributed by atoms with E-state index in [9.17, 15) is 19.8 Å². The summed E-state index contributed by atoms with van der Waals surface area (Å²) in [4.78, 5) is 35.1. The number of cyclic esters (lactones) is 1. The van der Waals surface area contributed by atoms with E-state index in [-0.39, 0.29) is 25.2 Å². The minimum atomic E-state index is -1.85. The summed E-state index contributed by atoms with van der Waals surface area (Å²) in [5.41, 5.74) is 3.90. The normalized spacial score (nSPS) is 18.8. The summed E-state index contributed by atoms with van der Waals surface area (Å²) in [6.45, 7) is 3.77. The number of esters is 1. The van der Waals surface area contributed by atoms with Gasteiger partial charge in [-0.2, -0.15) is 0 Å². The topological polar surface area (TPSA) is 115 Å². The van der Waals surface area contributed by atoms with E-state index >= 15 is 0 Å². The molecule has 0 unspecified atom stereocenters. The smallest absolute Gasteiger partial charge is 0.343 e. The Bertz CT molecular complexity index is 1590. The summed E-state index contributed by atoms with van der Waals surface area (Å²) in [6.07, 6.45) is 1.76. The van der Waals surface area contributed by atoms with Gasteiger partial charge in [-0.05, 0) is 48.7 Å². The quantitative estimate of drug-likeness (QED) is 0.318. The van der Waals surface area contributed by atoms with Crippen LogP contribution in [0.25, 0.3) is 33.2 Å². The van der Waals surface area contributed by atoms with Gasteiger partial charge in [-0.1, -0.05) is 6.92 Å². The van der Waals surface area contributed by atoms with E-state index in [0.717, 1.165) is 32.9 Å².